The number of aromatic nitrogens is 3. The van der Waals surface area contributed by atoms with E-state index >= 15 is 0 Å². The van der Waals surface area contributed by atoms with E-state index in [1.807, 2.05) is 35.6 Å². The summed E-state index contributed by atoms with van der Waals surface area (Å²) in [6.07, 6.45) is 1.58. The number of pyridine rings is 1. The maximum Gasteiger partial charge on any atom is 0.231 e. The Morgan fingerprint density at radius 1 is 1.25 bits per heavy atom. The third kappa shape index (κ3) is 2.93. The van der Waals surface area contributed by atoms with E-state index in [0.717, 1.165) is 27.9 Å². The van der Waals surface area contributed by atoms with Crippen LogP contribution in [0.5, 0.6) is 11.5 Å². The molecule has 9 heteroatoms. The Morgan fingerprint density at radius 3 is 2.93 bits per heavy atom. The van der Waals surface area contributed by atoms with Crippen molar-refractivity contribution in [2.75, 3.05) is 12.5 Å². The smallest absolute Gasteiger partial charge is 0.231 e. The van der Waals surface area contributed by atoms with Gasteiger partial charge in [-0.1, -0.05) is 11.8 Å². The van der Waals surface area contributed by atoms with Crippen LogP contribution in [0.4, 0.5) is 0 Å². The number of carbonyl (C=O) groups excluding carboxylic acids is 1. The first kappa shape index (κ1) is 16.9. The molecule has 0 saturated heterocycles. The number of thioether (sulfide) groups is 1. The number of carbonyl (C=O) groups is 1. The van der Waals surface area contributed by atoms with E-state index in [4.69, 9.17) is 13.9 Å². The quantitative estimate of drug-likeness (QED) is 0.519. The molecule has 0 bridgehead atoms. The average Bonchev–Trinajstić information content (AvgIpc) is 3.43. The summed E-state index contributed by atoms with van der Waals surface area (Å²) in [6, 6.07) is 9.53. The second kappa shape index (κ2) is 6.75. The van der Waals surface area contributed by atoms with Crippen LogP contribution in [0.2, 0.25) is 0 Å². The fraction of sp³-hybridized carbons (Fsp3) is 0.211. The molecule has 0 atom stereocenters. The Labute approximate surface area is 163 Å². The lowest BCUT2D eigenvalue weighted by Crippen LogP contribution is -2.24. The van der Waals surface area contributed by atoms with Gasteiger partial charge in [-0.3, -0.25) is 9.20 Å². The Kier molecular flexibility index (Phi) is 4.09. The van der Waals surface area contributed by atoms with Crippen LogP contribution in [0.25, 0.3) is 16.6 Å². The van der Waals surface area contributed by atoms with Crippen LogP contribution in [-0.2, 0) is 11.3 Å². The number of ether oxygens (including phenoxy) is 2. The first-order chi connectivity index (χ1) is 13.7. The van der Waals surface area contributed by atoms with Crippen molar-refractivity contribution in [2.24, 2.45) is 0 Å². The molecule has 142 valence electrons. The molecule has 0 spiro atoms. The molecule has 1 amide bonds. The highest BCUT2D eigenvalue weighted by Gasteiger charge is 2.19. The zero-order valence-electron chi connectivity index (χ0n) is 15.0. The minimum atomic E-state index is -0.104. The molecule has 1 N–H and O–H groups in total. The van der Waals surface area contributed by atoms with Crippen molar-refractivity contribution < 1.29 is 18.7 Å². The first-order valence-electron chi connectivity index (χ1n) is 8.69. The number of nitrogens with one attached hydrogen (secondary N) is 1. The fourth-order valence-corrected chi connectivity index (χ4v) is 3.94. The van der Waals surface area contributed by atoms with Crippen LogP contribution in [0.15, 0.2) is 46.2 Å². The molecule has 0 aliphatic carbocycles. The fourth-order valence-electron chi connectivity index (χ4n) is 3.17. The minimum Gasteiger partial charge on any atom is -0.467 e. The highest BCUT2D eigenvalue weighted by atomic mass is 32.2. The van der Waals surface area contributed by atoms with Crippen molar-refractivity contribution in [3.05, 3.63) is 47.9 Å². The van der Waals surface area contributed by atoms with Crippen molar-refractivity contribution >= 4 is 34.2 Å². The molecule has 8 nitrogen and oxygen atoms in total. The van der Waals surface area contributed by atoms with E-state index in [1.165, 1.54) is 11.8 Å². The van der Waals surface area contributed by atoms with Gasteiger partial charge in [0.25, 0.3) is 0 Å². The summed E-state index contributed by atoms with van der Waals surface area (Å²) in [5.74, 6) is 2.25. The molecule has 0 radical (unpaired) electrons. The van der Waals surface area contributed by atoms with Crippen molar-refractivity contribution in [3.8, 4) is 11.5 Å². The third-order valence-corrected chi connectivity index (χ3v) is 5.42. The van der Waals surface area contributed by atoms with E-state index < -0.39 is 0 Å². The lowest BCUT2D eigenvalue weighted by molar-refractivity contribution is -0.118. The molecule has 0 fully saturated rings. The van der Waals surface area contributed by atoms with Gasteiger partial charge in [-0.15, -0.1) is 10.2 Å². The Balaban J connectivity index is 1.43. The van der Waals surface area contributed by atoms with E-state index in [9.17, 15) is 4.79 Å². The molecule has 4 heterocycles. The molecule has 4 aromatic rings. The van der Waals surface area contributed by atoms with Crippen LogP contribution in [-0.4, -0.2) is 33.1 Å². The molecule has 1 aromatic carbocycles. The van der Waals surface area contributed by atoms with Gasteiger partial charge in [0, 0.05) is 11.5 Å². The SMILES string of the molecule is Cc1cc2cc3c(cc2n2c(SCC(=O)NCc4ccco4)nnc12)OCO3. The summed E-state index contributed by atoms with van der Waals surface area (Å²) in [7, 11) is 0. The van der Waals surface area contributed by atoms with Crippen LogP contribution >= 0.6 is 11.8 Å². The Morgan fingerprint density at radius 2 is 2.11 bits per heavy atom. The van der Waals surface area contributed by atoms with Crippen LogP contribution in [0.3, 0.4) is 0 Å². The number of benzene rings is 1. The van der Waals surface area contributed by atoms with Gasteiger partial charge in [-0.05, 0) is 36.8 Å². The van der Waals surface area contributed by atoms with Crippen LogP contribution in [0, 0.1) is 6.92 Å². The molecule has 1 aliphatic heterocycles. The summed E-state index contributed by atoms with van der Waals surface area (Å²) >= 11 is 1.33. The van der Waals surface area contributed by atoms with Gasteiger partial charge < -0.3 is 19.2 Å². The largest absolute Gasteiger partial charge is 0.467 e. The molecule has 0 unspecified atom stereocenters. The van der Waals surface area contributed by atoms with Crippen molar-refractivity contribution in [1.82, 2.24) is 19.9 Å². The van der Waals surface area contributed by atoms with Gasteiger partial charge in [-0.2, -0.15) is 0 Å². The van der Waals surface area contributed by atoms with Crippen LogP contribution < -0.4 is 14.8 Å². The van der Waals surface area contributed by atoms with Gasteiger partial charge in [0.05, 0.1) is 24.1 Å². The number of aryl methyl sites for hydroxylation is 1. The second-order valence-electron chi connectivity index (χ2n) is 6.38. The lowest BCUT2D eigenvalue weighted by atomic mass is 10.1. The number of nitrogens with zero attached hydrogens (tertiary/aromatic N) is 3. The molecular formula is C19H16N4O4S. The topological polar surface area (TPSA) is 90.9 Å². The van der Waals surface area contributed by atoms with Gasteiger partial charge in [0.15, 0.2) is 22.3 Å². The van der Waals surface area contributed by atoms with Crippen molar-refractivity contribution in [3.63, 3.8) is 0 Å². The standard InChI is InChI=1S/C19H16N4O4S/c1-11-5-12-6-15-16(27-10-26-15)7-14(12)23-18(11)21-22-19(23)28-9-17(24)20-8-13-3-2-4-25-13/h2-7H,8-10H2,1H3,(H,20,24). The van der Waals surface area contributed by atoms with E-state index in [0.29, 0.717) is 23.2 Å². The zero-order chi connectivity index (χ0) is 19.1. The van der Waals surface area contributed by atoms with Crippen molar-refractivity contribution in [2.45, 2.75) is 18.6 Å². The van der Waals surface area contributed by atoms with Crippen molar-refractivity contribution in [1.29, 1.82) is 0 Å². The minimum absolute atomic E-state index is 0.104. The summed E-state index contributed by atoms with van der Waals surface area (Å²) in [5.41, 5.74) is 2.66. The Bertz CT molecular complexity index is 1190. The zero-order valence-corrected chi connectivity index (χ0v) is 15.8. The molecule has 5 rings (SSSR count). The Hall–Kier alpha value is -3.20. The number of hydrogen-bond acceptors (Lipinski definition) is 7. The summed E-state index contributed by atoms with van der Waals surface area (Å²) in [4.78, 5) is 12.2. The molecule has 0 saturated carbocycles. The lowest BCUT2D eigenvalue weighted by Gasteiger charge is -2.08. The monoisotopic (exact) mass is 396 g/mol. The van der Waals surface area contributed by atoms with Gasteiger partial charge in [0.2, 0.25) is 12.7 Å². The van der Waals surface area contributed by atoms with E-state index in [2.05, 4.69) is 15.5 Å². The highest BCUT2D eigenvalue weighted by Crippen LogP contribution is 2.37. The maximum absolute atomic E-state index is 12.2. The first-order valence-corrected chi connectivity index (χ1v) is 9.67. The predicted octanol–water partition coefficient (Wildman–Crippen LogP) is 2.92. The summed E-state index contributed by atoms with van der Waals surface area (Å²) in [5, 5.41) is 13.1. The maximum atomic E-state index is 12.2. The summed E-state index contributed by atoms with van der Waals surface area (Å²) < 4.78 is 18.2. The molecule has 28 heavy (non-hydrogen) atoms. The number of amides is 1. The highest BCUT2D eigenvalue weighted by molar-refractivity contribution is 7.99. The third-order valence-electron chi connectivity index (χ3n) is 4.49. The number of fused-ring (bicyclic) bond motifs is 4. The predicted molar refractivity (Wildman–Crippen MR) is 103 cm³/mol. The van der Waals surface area contributed by atoms with E-state index in [1.54, 1.807) is 12.3 Å². The second-order valence-corrected chi connectivity index (χ2v) is 7.32. The normalized spacial score (nSPS) is 12.8. The van der Waals surface area contributed by atoms with Gasteiger partial charge in [-0.25, -0.2) is 0 Å². The summed E-state index contributed by atoms with van der Waals surface area (Å²) in [6.45, 7) is 2.56. The van der Waals surface area contributed by atoms with E-state index in [-0.39, 0.29) is 18.5 Å². The molecule has 3 aromatic heterocycles. The number of furan rings is 1. The van der Waals surface area contributed by atoms with Crippen LogP contribution in [0.1, 0.15) is 11.3 Å². The molecule has 1 aliphatic rings. The number of rotatable bonds is 5. The number of hydrogen-bond donors (Lipinski definition) is 1. The van der Waals surface area contributed by atoms with Gasteiger partial charge >= 0.3 is 0 Å². The van der Waals surface area contributed by atoms with Gasteiger partial charge in [0.1, 0.15) is 5.76 Å². The molecular weight excluding hydrogens is 380 g/mol. The average molecular weight is 396 g/mol.